The third-order valence-corrected chi connectivity index (χ3v) is 2.76. The largest absolute Gasteiger partial charge is 0.379 e. The second kappa shape index (κ2) is 3.10. The van der Waals surface area contributed by atoms with Crippen molar-refractivity contribution in [2.24, 2.45) is 0 Å². The monoisotopic (exact) mass is 190 g/mol. The molecular weight excluding hydrogens is 176 g/mol. The third kappa shape index (κ3) is 1.21. The van der Waals surface area contributed by atoms with Crippen LogP contribution >= 0.6 is 0 Å². The minimum absolute atomic E-state index is 0.687. The second-order valence-electron chi connectivity index (χ2n) is 3.58. The summed E-state index contributed by atoms with van der Waals surface area (Å²) in [6.45, 7) is 3.66. The zero-order valence-corrected chi connectivity index (χ0v) is 8.25. The maximum Gasteiger partial charge on any atom is 0.126 e. The first-order valence-corrected chi connectivity index (χ1v) is 4.74. The molecule has 3 heteroatoms. The fraction of sp³-hybridized carbons (Fsp3) is 0.364. The fourth-order valence-corrected chi connectivity index (χ4v) is 1.85. The summed E-state index contributed by atoms with van der Waals surface area (Å²) in [5.41, 5.74) is 0.938. The molecule has 1 aliphatic rings. The smallest absolute Gasteiger partial charge is 0.126 e. The number of fused-ring (bicyclic) bond motifs is 1. The Bertz CT molecular complexity index is 376. The molecule has 1 atom stereocenters. The molecule has 3 nitrogen and oxygen atoms in total. The molecule has 14 heavy (non-hydrogen) atoms. The molecule has 1 unspecified atom stereocenters. The van der Waals surface area contributed by atoms with Crippen LogP contribution in [0, 0.1) is 0 Å². The predicted octanol–water partition coefficient (Wildman–Crippen LogP) is 1.44. The van der Waals surface area contributed by atoms with Crippen LogP contribution in [-0.4, -0.2) is 17.1 Å². The molecule has 2 N–H and O–H groups in total. The van der Waals surface area contributed by atoms with Gasteiger partial charge in [-0.05, 0) is 24.5 Å². The Balaban J connectivity index is 2.52. The van der Waals surface area contributed by atoms with Gasteiger partial charge in [0.1, 0.15) is 11.4 Å². The molecule has 0 saturated heterocycles. The van der Waals surface area contributed by atoms with E-state index in [1.54, 1.807) is 6.08 Å². The first-order valence-electron chi connectivity index (χ1n) is 4.74. The Morgan fingerprint density at radius 1 is 1.64 bits per heavy atom. The zero-order chi connectivity index (χ0) is 10.2. The average molecular weight is 190 g/mol. The lowest BCUT2D eigenvalue weighted by atomic mass is 10.0. The van der Waals surface area contributed by atoms with E-state index in [0.29, 0.717) is 6.42 Å². The molecule has 0 spiro atoms. The maximum atomic E-state index is 10.2. The standard InChI is InChI=1S/C11H14N2O/c1-3-11(14)7-6-8-4-5-9(12-2)13-10(8)11/h3-5,14H,1,6-7H2,2H3,(H,12,13). The Kier molecular flexibility index (Phi) is 2.04. The van der Waals surface area contributed by atoms with Crippen LogP contribution in [0.3, 0.4) is 0 Å². The van der Waals surface area contributed by atoms with Crippen LogP contribution in [0.25, 0.3) is 0 Å². The number of rotatable bonds is 2. The van der Waals surface area contributed by atoms with Crippen molar-refractivity contribution in [3.63, 3.8) is 0 Å². The lowest BCUT2D eigenvalue weighted by molar-refractivity contribution is 0.0880. The number of aryl methyl sites for hydroxylation is 1. The van der Waals surface area contributed by atoms with Crippen molar-refractivity contribution < 1.29 is 5.11 Å². The molecule has 0 bridgehead atoms. The summed E-state index contributed by atoms with van der Waals surface area (Å²) >= 11 is 0. The fourth-order valence-electron chi connectivity index (χ4n) is 1.85. The second-order valence-corrected chi connectivity index (χ2v) is 3.58. The van der Waals surface area contributed by atoms with E-state index in [1.807, 2.05) is 19.2 Å². The first kappa shape index (κ1) is 9.21. The lowest BCUT2D eigenvalue weighted by Gasteiger charge is -2.18. The summed E-state index contributed by atoms with van der Waals surface area (Å²) in [5.74, 6) is 0.783. The maximum absolute atomic E-state index is 10.2. The number of nitrogens with zero attached hydrogens (tertiary/aromatic N) is 1. The molecule has 0 amide bonds. The van der Waals surface area contributed by atoms with Gasteiger partial charge in [-0.15, -0.1) is 0 Å². The molecule has 0 fully saturated rings. The predicted molar refractivity (Wildman–Crippen MR) is 56.2 cm³/mol. The molecule has 0 radical (unpaired) electrons. The number of aliphatic hydroxyl groups is 1. The van der Waals surface area contributed by atoms with Gasteiger partial charge in [0, 0.05) is 7.05 Å². The van der Waals surface area contributed by atoms with E-state index in [4.69, 9.17) is 0 Å². The van der Waals surface area contributed by atoms with E-state index >= 15 is 0 Å². The number of nitrogens with one attached hydrogen (secondary N) is 1. The van der Waals surface area contributed by atoms with E-state index in [2.05, 4.69) is 16.9 Å². The van der Waals surface area contributed by atoms with E-state index in [9.17, 15) is 5.11 Å². The van der Waals surface area contributed by atoms with Gasteiger partial charge in [-0.2, -0.15) is 0 Å². The number of pyridine rings is 1. The van der Waals surface area contributed by atoms with Crippen LogP contribution in [0.2, 0.25) is 0 Å². The van der Waals surface area contributed by atoms with Gasteiger partial charge in [-0.1, -0.05) is 18.7 Å². The molecule has 1 heterocycles. The number of hydrogen-bond acceptors (Lipinski definition) is 3. The van der Waals surface area contributed by atoms with Gasteiger partial charge < -0.3 is 10.4 Å². The summed E-state index contributed by atoms with van der Waals surface area (Å²) in [5, 5.41) is 13.1. The third-order valence-electron chi connectivity index (χ3n) is 2.76. The van der Waals surface area contributed by atoms with Crippen molar-refractivity contribution in [2.75, 3.05) is 12.4 Å². The Morgan fingerprint density at radius 2 is 2.43 bits per heavy atom. The minimum atomic E-state index is -0.928. The molecular formula is C11H14N2O. The van der Waals surface area contributed by atoms with Gasteiger partial charge in [0.05, 0.1) is 5.69 Å². The highest BCUT2D eigenvalue weighted by molar-refractivity contribution is 5.43. The van der Waals surface area contributed by atoms with Crippen LogP contribution in [0.1, 0.15) is 17.7 Å². The van der Waals surface area contributed by atoms with Crippen LogP contribution < -0.4 is 5.32 Å². The van der Waals surface area contributed by atoms with E-state index < -0.39 is 5.60 Å². The molecule has 2 rings (SSSR count). The highest BCUT2D eigenvalue weighted by atomic mass is 16.3. The molecule has 0 aromatic carbocycles. The van der Waals surface area contributed by atoms with Crippen LogP contribution in [0.4, 0.5) is 5.82 Å². The SMILES string of the molecule is C=CC1(O)CCc2ccc(NC)nc21. The lowest BCUT2D eigenvalue weighted by Crippen LogP contribution is -2.20. The molecule has 0 saturated carbocycles. The number of anilines is 1. The molecule has 74 valence electrons. The van der Waals surface area contributed by atoms with Gasteiger partial charge in [0.2, 0.25) is 0 Å². The Labute approximate surface area is 83.5 Å². The average Bonchev–Trinajstić information content (AvgIpc) is 2.57. The van der Waals surface area contributed by atoms with Crippen molar-refractivity contribution in [3.05, 3.63) is 36.0 Å². The number of aromatic nitrogens is 1. The minimum Gasteiger partial charge on any atom is -0.379 e. The summed E-state index contributed by atoms with van der Waals surface area (Å²) in [6, 6.07) is 3.93. The molecule has 1 aliphatic carbocycles. The van der Waals surface area contributed by atoms with Crippen molar-refractivity contribution >= 4 is 5.82 Å². The van der Waals surface area contributed by atoms with E-state index in [0.717, 1.165) is 23.5 Å². The van der Waals surface area contributed by atoms with Crippen molar-refractivity contribution in [1.29, 1.82) is 0 Å². The highest BCUT2D eigenvalue weighted by Crippen LogP contribution is 2.36. The van der Waals surface area contributed by atoms with Gasteiger partial charge in [-0.3, -0.25) is 0 Å². The van der Waals surface area contributed by atoms with Crippen molar-refractivity contribution in [2.45, 2.75) is 18.4 Å². The summed E-state index contributed by atoms with van der Waals surface area (Å²) in [4.78, 5) is 4.36. The summed E-state index contributed by atoms with van der Waals surface area (Å²) in [6.07, 6.45) is 3.13. The van der Waals surface area contributed by atoms with E-state index in [-0.39, 0.29) is 0 Å². The van der Waals surface area contributed by atoms with Gasteiger partial charge in [0.25, 0.3) is 0 Å². The summed E-state index contributed by atoms with van der Waals surface area (Å²) in [7, 11) is 1.82. The molecule has 1 aromatic heterocycles. The van der Waals surface area contributed by atoms with Crippen LogP contribution in [0.5, 0.6) is 0 Å². The normalized spacial score (nSPS) is 24.4. The number of hydrogen-bond donors (Lipinski definition) is 2. The summed E-state index contributed by atoms with van der Waals surface area (Å²) < 4.78 is 0. The molecule has 1 aromatic rings. The van der Waals surface area contributed by atoms with Crippen LogP contribution in [0.15, 0.2) is 24.8 Å². The Hall–Kier alpha value is -1.35. The quantitative estimate of drug-likeness (QED) is 0.694. The van der Waals surface area contributed by atoms with Gasteiger partial charge in [-0.25, -0.2) is 4.98 Å². The van der Waals surface area contributed by atoms with Crippen LogP contribution in [-0.2, 0) is 12.0 Å². The Morgan fingerprint density at radius 3 is 3.07 bits per heavy atom. The van der Waals surface area contributed by atoms with Gasteiger partial charge >= 0.3 is 0 Å². The van der Waals surface area contributed by atoms with Crippen molar-refractivity contribution in [3.8, 4) is 0 Å². The highest BCUT2D eigenvalue weighted by Gasteiger charge is 2.35. The topological polar surface area (TPSA) is 45.1 Å². The molecule has 0 aliphatic heterocycles. The van der Waals surface area contributed by atoms with E-state index in [1.165, 1.54) is 0 Å². The first-order chi connectivity index (χ1) is 6.69. The van der Waals surface area contributed by atoms with Crippen molar-refractivity contribution in [1.82, 2.24) is 4.98 Å². The zero-order valence-electron chi connectivity index (χ0n) is 8.25. The van der Waals surface area contributed by atoms with Gasteiger partial charge in [0.15, 0.2) is 0 Å².